The molecular weight excluding hydrogens is 344 g/mol. The van der Waals surface area contributed by atoms with Crippen LogP contribution in [0.2, 0.25) is 0 Å². The second kappa shape index (κ2) is 6.67. The van der Waals surface area contributed by atoms with E-state index in [0.29, 0.717) is 35.1 Å². The van der Waals surface area contributed by atoms with Crippen LogP contribution in [0.15, 0.2) is 12.1 Å². The van der Waals surface area contributed by atoms with E-state index in [4.69, 9.17) is 14.2 Å². The highest BCUT2D eigenvalue weighted by Gasteiger charge is 2.52. The van der Waals surface area contributed by atoms with E-state index < -0.39 is 6.04 Å². The number of rotatable bonds is 5. The van der Waals surface area contributed by atoms with Crippen molar-refractivity contribution in [1.29, 1.82) is 0 Å². The van der Waals surface area contributed by atoms with Crippen molar-refractivity contribution in [2.75, 3.05) is 32.4 Å². The first-order valence-corrected chi connectivity index (χ1v) is 8.99. The van der Waals surface area contributed by atoms with E-state index in [0.717, 1.165) is 6.42 Å². The highest BCUT2D eigenvalue weighted by atomic mass is 32.2. The maximum absolute atomic E-state index is 12.8. The molecule has 2 heterocycles. The molecular formula is C17H22N2O5S. The van der Waals surface area contributed by atoms with Gasteiger partial charge in [-0.2, -0.15) is 0 Å². The van der Waals surface area contributed by atoms with Gasteiger partial charge in [-0.25, -0.2) is 0 Å². The van der Waals surface area contributed by atoms with Crippen molar-refractivity contribution >= 4 is 29.3 Å². The Labute approximate surface area is 151 Å². The lowest BCUT2D eigenvalue weighted by atomic mass is 10.2. The molecule has 136 valence electrons. The summed E-state index contributed by atoms with van der Waals surface area (Å²) in [5.74, 6) is 1.80. The van der Waals surface area contributed by atoms with Gasteiger partial charge in [0.05, 0.1) is 26.2 Å². The maximum Gasteiger partial charge on any atom is 0.248 e. The fourth-order valence-corrected chi connectivity index (χ4v) is 4.83. The number of benzene rings is 1. The molecule has 2 amide bonds. The molecule has 0 saturated carbocycles. The Morgan fingerprint density at radius 3 is 2.44 bits per heavy atom. The van der Waals surface area contributed by atoms with Gasteiger partial charge in [0.2, 0.25) is 17.6 Å². The van der Waals surface area contributed by atoms with E-state index >= 15 is 0 Å². The number of carbonyl (C=O) groups is 2. The van der Waals surface area contributed by atoms with Crippen LogP contribution >= 0.6 is 11.8 Å². The summed E-state index contributed by atoms with van der Waals surface area (Å²) in [6.07, 6.45) is 1.28. The zero-order valence-electron chi connectivity index (χ0n) is 14.8. The van der Waals surface area contributed by atoms with Crippen molar-refractivity contribution in [2.24, 2.45) is 0 Å². The largest absolute Gasteiger partial charge is 0.493 e. The molecule has 8 heteroatoms. The topological polar surface area (TPSA) is 77.1 Å². The van der Waals surface area contributed by atoms with Gasteiger partial charge in [-0.05, 0) is 13.3 Å². The van der Waals surface area contributed by atoms with Crippen LogP contribution in [-0.2, 0) is 9.59 Å². The van der Waals surface area contributed by atoms with Crippen LogP contribution in [0, 0.1) is 0 Å². The number of methoxy groups -OCH3 is 3. The minimum atomic E-state index is -0.468. The Kier molecular flexibility index (Phi) is 4.73. The molecule has 0 unspecified atom stereocenters. The van der Waals surface area contributed by atoms with Crippen molar-refractivity contribution in [3.63, 3.8) is 0 Å². The quantitative estimate of drug-likeness (QED) is 0.860. The van der Waals surface area contributed by atoms with Gasteiger partial charge in [0.1, 0.15) is 6.04 Å². The average molecular weight is 366 g/mol. The van der Waals surface area contributed by atoms with Crippen LogP contribution in [0.4, 0.5) is 5.69 Å². The zero-order valence-corrected chi connectivity index (χ0v) is 15.6. The monoisotopic (exact) mass is 366 g/mol. The molecule has 0 aromatic heterocycles. The lowest BCUT2D eigenvalue weighted by Crippen LogP contribution is -2.48. The first kappa shape index (κ1) is 17.7. The van der Waals surface area contributed by atoms with Gasteiger partial charge < -0.3 is 24.4 Å². The number of carbonyl (C=O) groups excluding carboxylic acids is 2. The first-order valence-electron chi connectivity index (χ1n) is 8.00. The number of ether oxygens (including phenoxy) is 3. The Morgan fingerprint density at radius 2 is 1.88 bits per heavy atom. The lowest BCUT2D eigenvalue weighted by molar-refractivity contribution is -0.135. The number of hydrogen-bond acceptors (Lipinski definition) is 6. The highest BCUT2D eigenvalue weighted by molar-refractivity contribution is 8.01. The Balaban J connectivity index is 1.83. The Hall–Kier alpha value is -2.09. The molecule has 1 aromatic rings. The van der Waals surface area contributed by atoms with Crippen molar-refractivity contribution in [3.05, 3.63) is 12.1 Å². The van der Waals surface area contributed by atoms with Gasteiger partial charge in [0.15, 0.2) is 11.5 Å². The second-order valence-corrected chi connectivity index (χ2v) is 7.67. The van der Waals surface area contributed by atoms with E-state index in [1.807, 2.05) is 6.92 Å². The van der Waals surface area contributed by atoms with Gasteiger partial charge in [0.25, 0.3) is 0 Å². The molecule has 1 N–H and O–H groups in total. The van der Waals surface area contributed by atoms with E-state index in [1.165, 1.54) is 21.3 Å². The van der Waals surface area contributed by atoms with Gasteiger partial charge >= 0.3 is 0 Å². The minimum Gasteiger partial charge on any atom is -0.493 e. The van der Waals surface area contributed by atoms with Crippen molar-refractivity contribution in [2.45, 2.75) is 30.7 Å². The number of nitrogens with one attached hydrogen (secondary N) is 1. The van der Waals surface area contributed by atoms with Crippen molar-refractivity contribution in [3.8, 4) is 17.2 Å². The second-order valence-electron chi connectivity index (χ2n) is 6.17. The van der Waals surface area contributed by atoms with Gasteiger partial charge in [0, 0.05) is 30.0 Å². The summed E-state index contributed by atoms with van der Waals surface area (Å²) in [5.41, 5.74) is 0.532. The van der Waals surface area contributed by atoms with E-state index in [1.54, 1.807) is 28.8 Å². The number of thioether (sulfide) groups is 1. The predicted molar refractivity (Wildman–Crippen MR) is 95.5 cm³/mol. The molecule has 25 heavy (non-hydrogen) atoms. The van der Waals surface area contributed by atoms with E-state index in [2.05, 4.69) is 5.32 Å². The van der Waals surface area contributed by atoms with Crippen LogP contribution in [0.1, 0.15) is 19.8 Å². The molecule has 1 aromatic carbocycles. The number of anilines is 1. The molecule has 0 aliphatic carbocycles. The lowest BCUT2D eigenvalue weighted by Gasteiger charge is -2.29. The smallest absolute Gasteiger partial charge is 0.248 e. The Bertz CT molecular complexity index is 685. The molecule has 3 rings (SSSR count). The molecule has 7 nitrogen and oxygen atoms in total. The zero-order chi connectivity index (χ0) is 18.2. The van der Waals surface area contributed by atoms with Crippen LogP contribution in [0.25, 0.3) is 0 Å². The summed E-state index contributed by atoms with van der Waals surface area (Å²) in [5, 5.41) is 2.87. The molecule has 2 fully saturated rings. The van der Waals surface area contributed by atoms with Crippen LogP contribution in [-0.4, -0.2) is 54.7 Å². The van der Waals surface area contributed by atoms with Gasteiger partial charge in [-0.1, -0.05) is 0 Å². The summed E-state index contributed by atoms with van der Waals surface area (Å²) in [4.78, 5) is 26.4. The molecule has 0 spiro atoms. The minimum absolute atomic E-state index is 0.0394. The average Bonchev–Trinajstić information content (AvgIpc) is 3.10. The summed E-state index contributed by atoms with van der Waals surface area (Å²) < 4.78 is 15.9. The van der Waals surface area contributed by atoms with E-state index in [9.17, 15) is 9.59 Å². The van der Waals surface area contributed by atoms with Gasteiger partial charge in [-0.3, -0.25) is 9.59 Å². The molecule has 2 aliphatic rings. The predicted octanol–water partition coefficient (Wildman–Crippen LogP) is 2.10. The molecule has 2 aliphatic heterocycles. The highest BCUT2D eigenvalue weighted by Crippen LogP contribution is 2.47. The van der Waals surface area contributed by atoms with Crippen LogP contribution in [0.3, 0.4) is 0 Å². The van der Waals surface area contributed by atoms with Gasteiger partial charge in [-0.15, -0.1) is 11.8 Å². The third-order valence-corrected chi connectivity index (χ3v) is 6.18. The normalized spacial score (nSPS) is 24.9. The maximum atomic E-state index is 12.8. The fourth-order valence-electron chi connectivity index (χ4n) is 3.39. The van der Waals surface area contributed by atoms with Crippen LogP contribution < -0.4 is 19.5 Å². The Morgan fingerprint density at radius 1 is 1.24 bits per heavy atom. The molecule has 2 saturated heterocycles. The standard InChI is InChI=1S/C17H22N2O5S/c1-17-6-5-14(20)19(17)11(9-25-17)16(21)18-10-7-12(22-2)15(24-4)13(8-10)23-3/h7-8,11H,5-6,9H2,1-4H3,(H,18,21)/t11-,17-/m0/s1. The third-order valence-electron chi connectivity index (χ3n) is 4.68. The first-order chi connectivity index (χ1) is 11.9. The summed E-state index contributed by atoms with van der Waals surface area (Å²) in [6, 6.07) is 2.88. The number of hydrogen-bond donors (Lipinski definition) is 1. The number of nitrogens with zero attached hydrogens (tertiary/aromatic N) is 1. The summed E-state index contributed by atoms with van der Waals surface area (Å²) in [6.45, 7) is 2.02. The van der Waals surface area contributed by atoms with E-state index in [-0.39, 0.29) is 16.7 Å². The number of amides is 2. The van der Waals surface area contributed by atoms with Crippen molar-refractivity contribution < 1.29 is 23.8 Å². The third kappa shape index (κ3) is 2.99. The molecule has 0 radical (unpaired) electrons. The number of fused-ring (bicyclic) bond motifs is 1. The molecule has 2 atom stereocenters. The van der Waals surface area contributed by atoms with Crippen LogP contribution in [0.5, 0.6) is 17.2 Å². The molecule has 0 bridgehead atoms. The SMILES string of the molecule is COc1cc(NC(=O)[C@@H]2CS[C@@]3(C)CCC(=O)N23)cc(OC)c1OC. The summed E-state index contributed by atoms with van der Waals surface area (Å²) >= 11 is 1.66. The van der Waals surface area contributed by atoms with Crippen molar-refractivity contribution in [1.82, 2.24) is 4.90 Å². The fraction of sp³-hybridized carbons (Fsp3) is 0.529. The summed E-state index contributed by atoms with van der Waals surface area (Å²) in [7, 11) is 4.56.